The summed E-state index contributed by atoms with van der Waals surface area (Å²) in [6.07, 6.45) is 7.32. The SMILES string of the molecule is CC1CCCC(N)(C(=O)N(C)C(C)c2ccncc2)C1. The zero-order chi connectivity index (χ0) is 14.8. The molecule has 1 aliphatic carbocycles. The molecule has 1 fully saturated rings. The molecule has 0 bridgehead atoms. The first-order valence-electron chi connectivity index (χ1n) is 7.40. The largest absolute Gasteiger partial charge is 0.337 e. The van der Waals surface area contributed by atoms with Crippen LogP contribution in [0.1, 0.15) is 51.1 Å². The minimum Gasteiger partial charge on any atom is -0.337 e. The molecule has 4 heteroatoms. The van der Waals surface area contributed by atoms with E-state index in [1.807, 2.05) is 26.1 Å². The Hall–Kier alpha value is -1.42. The van der Waals surface area contributed by atoms with Crippen molar-refractivity contribution in [2.75, 3.05) is 7.05 Å². The van der Waals surface area contributed by atoms with E-state index >= 15 is 0 Å². The van der Waals surface area contributed by atoms with Gasteiger partial charge in [-0.1, -0.05) is 19.8 Å². The molecule has 1 aromatic rings. The third-order valence-electron chi connectivity index (χ3n) is 4.55. The monoisotopic (exact) mass is 275 g/mol. The number of likely N-dealkylation sites (N-methyl/N-ethyl adjacent to an activating group) is 1. The molecular weight excluding hydrogens is 250 g/mol. The number of carbonyl (C=O) groups is 1. The average molecular weight is 275 g/mol. The molecule has 0 saturated heterocycles. The Balaban J connectivity index is 2.12. The number of nitrogens with zero attached hydrogens (tertiary/aromatic N) is 2. The highest BCUT2D eigenvalue weighted by atomic mass is 16.2. The second kappa shape index (κ2) is 5.92. The fourth-order valence-corrected chi connectivity index (χ4v) is 3.18. The van der Waals surface area contributed by atoms with Crippen molar-refractivity contribution in [3.8, 4) is 0 Å². The van der Waals surface area contributed by atoms with E-state index in [1.165, 1.54) is 6.42 Å². The standard InChI is InChI=1S/C16H25N3O/c1-12-5-4-8-16(17,11-12)15(20)19(3)13(2)14-6-9-18-10-7-14/h6-7,9-10,12-13H,4-5,8,11,17H2,1-3H3. The van der Waals surface area contributed by atoms with E-state index in [1.54, 1.807) is 17.3 Å². The first kappa shape index (κ1) is 15.0. The van der Waals surface area contributed by atoms with Crippen LogP contribution in [0.3, 0.4) is 0 Å². The lowest BCUT2D eigenvalue weighted by Gasteiger charge is -2.39. The Kier molecular flexibility index (Phi) is 4.43. The van der Waals surface area contributed by atoms with Gasteiger partial charge >= 0.3 is 0 Å². The van der Waals surface area contributed by atoms with Gasteiger partial charge in [0.15, 0.2) is 0 Å². The highest BCUT2D eigenvalue weighted by Crippen LogP contribution is 2.33. The molecule has 1 saturated carbocycles. The van der Waals surface area contributed by atoms with Crippen LogP contribution in [0.25, 0.3) is 0 Å². The lowest BCUT2D eigenvalue weighted by Crippen LogP contribution is -2.56. The zero-order valence-corrected chi connectivity index (χ0v) is 12.7. The van der Waals surface area contributed by atoms with Crippen LogP contribution in [-0.2, 0) is 4.79 Å². The molecule has 110 valence electrons. The van der Waals surface area contributed by atoms with Gasteiger partial charge in [0.2, 0.25) is 5.91 Å². The molecule has 3 atom stereocenters. The Morgan fingerprint density at radius 3 is 2.75 bits per heavy atom. The van der Waals surface area contributed by atoms with Gasteiger partial charge in [0.1, 0.15) is 0 Å². The van der Waals surface area contributed by atoms with E-state index in [4.69, 9.17) is 5.73 Å². The third kappa shape index (κ3) is 3.01. The van der Waals surface area contributed by atoms with E-state index in [9.17, 15) is 4.79 Å². The zero-order valence-electron chi connectivity index (χ0n) is 12.7. The summed E-state index contributed by atoms with van der Waals surface area (Å²) < 4.78 is 0. The number of amides is 1. The highest BCUT2D eigenvalue weighted by molar-refractivity contribution is 5.86. The first-order chi connectivity index (χ1) is 9.44. The summed E-state index contributed by atoms with van der Waals surface area (Å²) in [5, 5.41) is 0. The van der Waals surface area contributed by atoms with Crippen molar-refractivity contribution in [1.29, 1.82) is 0 Å². The Labute approximate surface area is 121 Å². The van der Waals surface area contributed by atoms with Crippen molar-refractivity contribution in [2.24, 2.45) is 11.7 Å². The molecule has 1 amide bonds. The van der Waals surface area contributed by atoms with Crippen LogP contribution < -0.4 is 5.73 Å². The molecule has 3 unspecified atom stereocenters. The van der Waals surface area contributed by atoms with E-state index in [0.29, 0.717) is 5.92 Å². The van der Waals surface area contributed by atoms with Crippen LogP contribution in [-0.4, -0.2) is 28.4 Å². The van der Waals surface area contributed by atoms with Crippen LogP contribution in [0.2, 0.25) is 0 Å². The molecule has 2 rings (SSSR count). The second-order valence-corrected chi connectivity index (χ2v) is 6.23. The van der Waals surface area contributed by atoms with E-state index < -0.39 is 5.54 Å². The first-order valence-corrected chi connectivity index (χ1v) is 7.40. The topological polar surface area (TPSA) is 59.2 Å². The molecule has 1 aromatic heterocycles. The second-order valence-electron chi connectivity index (χ2n) is 6.23. The number of pyridine rings is 1. The number of nitrogens with two attached hydrogens (primary N) is 1. The van der Waals surface area contributed by atoms with E-state index in [2.05, 4.69) is 11.9 Å². The molecule has 0 aromatic carbocycles. The molecule has 0 radical (unpaired) electrons. The molecule has 0 aliphatic heterocycles. The summed E-state index contributed by atoms with van der Waals surface area (Å²) in [5.41, 5.74) is 6.81. The van der Waals surface area contributed by atoms with Crippen molar-refractivity contribution in [2.45, 2.75) is 51.1 Å². The average Bonchev–Trinajstić information content (AvgIpc) is 2.45. The van der Waals surface area contributed by atoms with Crippen LogP contribution in [0, 0.1) is 5.92 Å². The number of hydrogen-bond acceptors (Lipinski definition) is 3. The van der Waals surface area contributed by atoms with Crippen molar-refractivity contribution < 1.29 is 4.79 Å². The van der Waals surface area contributed by atoms with Gasteiger partial charge < -0.3 is 10.6 Å². The Morgan fingerprint density at radius 2 is 2.15 bits per heavy atom. The number of carbonyl (C=O) groups excluding carboxylic acids is 1. The van der Waals surface area contributed by atoms with Crippen LogP contribution >= 0.6 is 0 Å². The number of rotatable bonds is 3. The maximum atomic E-state index is 12.8. The molecule has 2 N–H and O–H groups in total. The minimum absolute atomic E-state index is 0.0168. The predicted molar refractivity (Wildman–Crippen MR) is 80.0 cm³/mol. The minimum atomic E-state index is -0.687. The lowest BCUT2D eigenvalue weighted by molar-refractivity contribution is -0.139. The van der Waals surface area contributed by atoms with Crippen molar-refractivity contribution in [3.05, 3.63) is 30.1 Å². The summed E-state index contributed by atoms with van der Waals surface area (Å²) in [5.74, 6) is 0.593. The normalized spacial score (nSPS) is 27.9. The summed E-state index contributed by atoms with van der Waals surface area (Å²) in [7, 11) is 1.85. The van der Waals surface area contributed by atoms with Gasteiger partial charge in [0.25, 0.3) is 0 Å². The summed E-state index contributed by atoms with van der Waals surface area (Å²) >= 11 is 0. The Morgan fingerprint density at radius 1 is 1.50 bits per heavy atom. The highest BCUT2D eigenvalue weighted by Gasteiger charge is 2.40. The van der Waals surface area contributed by atoms with Gasteiger partial charge in [-0.15, -0.1) is 0 Å². The van der Waals surface area contributed by atoms with Gasteiger partial charge in [-0.3, -0.25) is 9.78 Å². The van der Waals surface area contributed by atoms with Crippen LogP contribution in [0.5, 0.6) is 0 Å². The third-order valence-corrected chi connectivity index (χ3v) is 4.55. The van der Waals surface area contributed by atoms with Crippen molar-refractivity contribution in [3.63, 3.8) is 0 Å². The summed E-state index contributed by atoms with van der Waals surface area (Å²) in [6.45, 7) is 4.21. The Bertz CT molecular complexity index is 462. The van der Waals surface area contributed by atoms with Crippen molar-refractivity contribution >= 4 is 5.91 Å². The summed E-state index contributed by atoms with van der Waals surface area (Å²) in [4.78, 5) is 18.6. The van der Waals surface area contributed by atoms with Gasteiger partial charge in [0, 0.05) is 19.4 Å². The maximum absolute atomic E-state index is 12.8. The van der Waals surface area contributed by atoms with Crippen molar-refractivity contribution in [1.82, 2.24) is 9.88 Å². The predicted octanol–water partition coefficient (Wildman–Crippen LogP) is 2.51. The smallest absolute Gasteiger partial charge is 0.242 e. The molecular formula is C16H25N3O. The summed E-state index contributed by atoms with van der Waals surface area (Å²) in [6, 6.07) is 3.91. The van der Waals surface area contributed by atoms with Gasteiger partial charge in [0.05, 0.1) is 11.6 Å². The molecule has 4 nitrogen and oxygen atoms in total. The van der Waals surface area contributed by atoms with E-state index in [0.717, 1.165) is 24.8 Å². The van der Waals surface area contributed by atoms with Gasteiger partial charge in [-0.2, -0.15) is 0 Å². The molecule has 1 aliphatic rings. The van der Waals surface area contributed by atoms with Crippen LogP contribution in [0.15, 0.2) is 24.5 Å². The number of hydrogen-bond donors (Lipinski definition) is 1. The fourth-order valence-electron chi connectivity index (χ4n) is 3.18. The quantitative estimate of drug-likeness (QED) is 0.922. The van der Waals surface area contributed by atoms with Crippen LogP contribution in [0.4, 0.5) is 0 Å². The molecule has 1 heterocycles. The molecule has 20 heavy (non-hydrogen) atoms. The van der Waals surface area contributed by atoms with Gasteiger partial charge in [-0.05, 0) is 43.4 Å². The lowest BCUT2D eigenvalue weighted by atomic mass is 9.76. The van der Waals surface area contributed by atoms with Gasteiger partial charge in [-0.25, -0.2) is 0 Å². The molecule has 0 spiro atoms. The number of aromatic nitrogens is 1. The fraction of sp³-hybridized carbons (Fsp3) is 0.625. The van der Waals surface area contributed by atoms with E-state index in [-0.39, 0.29) is 11.9 Å². The maximum Gasteiger partial charge on any atom is 0.242 e.